The van der Waals surface area contributed by atoms with Gasteiger partial charge in [-0.1, -0.05) is 29.8 Å². The highest BCUT2D eigenvalue weighted by molar-refractivity contribution is 7.07. The zero-order valence-electron chi connectivity index (χ0n) is 17.8. The second kappa shape index (κ2) is 8.84. The summed E-state index contributed by atoms with van der Waals surface area (Å²) < 4.78 is 20.4. The number of aromatic nitrogens is 1. The summed E-state index contributed by atoms with van der Waals surface area (Å²) in [6.07, 6.45) is 0.253. The summed E-state index contributed by atoms with van der Waals surface area (Å²) in [6, 6.07) is 12.1. The van der Waals surface area contributed by atoms with Crippen molar-refractivity contribution in [2.45, 2.75) is 24.9 Å². The van der Waals surface area contributed by atoms with Gasteiger partial charge in [-0.3, -0.25) is 10.1 Å². The van der Waals surface area contributed by atoms with Gasteiger partial charge in [-0.25, -0.2) is 4.79 Å². The van der Waals surface area contributed by atoms with Crippen molar-refractivity contribution in [1.29, 1.82) is 5.26 Å². The van der Waals surface area contributed by atoms with E-state index in [0.29, 0.717) is 39.5 Å². The van der Waals surface area contributed by atoms with Gasteiger partial charge in [0.05, 0.1) is 5.39 Å². The number of benzene rings is 1. The highest BCUT2D eigenvalue weighted by Gasteiger charge is 2.54. The van der Waals surface area contributed by atoms with Gasteiger partial charge in [-0.2, -0.15) is 9.64 Å². The van der Waals surface area contributed by atoms with Crippen molar-refractivity contribution in [3.05, 3.63) is 69.1 Å². The van der Waals surface area contributed by atoms with Crippen LogP contribution in [-0.4, -0.2) is 21.5 Å². The minimum atomic E-state index is -0.968. The number of hydrogen-bond donors (Lipinski definition) is 2. The number of anilines is 1. The Morgan fingerprint density at radius 3 is 2.74 bits per heavy atom. The van der Waals surface area contributed by atoms with Crippen molar-refractivity contribution in [2.75, 3.05) is 5.32 Å². The van der Waals surface area contributed by atoms with Crippen LogP contribution in [0.5, 0.6) is 0 Å². The van der Waals surface area contributed by atoms with Crippen molar-refractivity contribution < 1.29 is 28.3 Å². The second-order valence-electron chi connectivity index (χ2n) is 7.74. The normalized spacial score (nSPS) is 13.5. The minimum Gasteiger partial charge on any atom is -0.480 e. The predicted octanol–water partition coefficient (Wildman–Crippen LogP) is 5.27. The highest BCUT2D eigenvalue weighted by atomic mass is 35.5. The van der Waals surface area contributed by atoms with Crippen LogP contribution in [0.2, 0.25) is 5.02 Å². The zero-order chi connectivity index (χ0) is 24.6. The Morgan fingerprint density at radius 2 is 2.06 bits per heavy atom. The Hall–Kier alpha value is -4.25. The maximum Gasteiger partial charge on any atom is 0.412 e. The number of carbonyl (C=O) groups is 2. The molecule has 2 N–H and O–H groups in total. The number of halogens is 1. The number of nitriles is 1. The van der Waals surface area contributed by atoms with Gasteiger partial charge in [-0.15, -0.1) is 0 Å². The molecule has 3 aromatic heterocycles. The lowest BCUT2D eigenvalue weighted by Gasteiger charge is -2.07. The first kappa shape index (κ1) is 22.5. The lowest BCUT2D eigenvalue weighted by atomic mass is 10.0. The molecule has 9 nitrogen and oxygen atoms in total. The molecule has 5 rings (SSSR count). The van der Waals surface area contributed by atoms with Crippen molar-refractivity contribution >= 4 is 52.0 Å². The highest BCUT2D eigenvalue weighted by Crippen LogP contribution is 2.50. The van der Waals surface area contributed by atoms with Gasteiger partial charge in [0.2, 0.25) is 0 Å². The molecule has 174 valence electrons. The lowest BCUT2D eigenvalue weighted by Crippen LogP contribution is -2.18. The first-order valence-electron chi connectivity index (χ1n) is 10.3. The molecule has 0 unspecified atom stereocenters. The fourth-order valence-corrected chi connectivity index (χ4v) is 4.25. The number of fused-ring (bicyclic) bond motifs is 1. The Bertz CT molecular complexity index is 1550. The Balaban J connectivity index is 1.32. The SMILES string of the molecule is N#Cc1nsc(C#Cc2cc3cc(C4(C(=O)O)CC4)oc3o2)c1NC(=O)OCc1ccccc1Cl. The third-order valence-corrected chi connectivity index (χ3v) is 6.62. The number of furan rings is 2. The van der Waals surface area contributed by atoms with Crippen LogP contribution in [-0.2, 0) is 21.6 Å². The largest absolute Gasteiger partial charge is 0.480 e. The van der Waals surface area contributed by atoms with E-state index in [2.05, 4.69) is 21.5 Å². The molecule has 0 bridgehead atoms. The summed E-state index contributed by atoms with van der Waals surface area (Å²) in [7, 11) is 0. The van der Waals surface area contributed by atoms with Gasteiger partial charge in [0.1, 0.15) is 34.4 Å². The molecule has 4 aromatic rings. The summed E-state index contributed by atoms with van der Waals surface area (Å²) in [5.41, 5.74) is -0.210. The summed E-state index contributed by atoms with van der Waals surface area (Å²) in [5.74, 6) is 5.53. The number of nitrogens with zero attached hydrogens (tertiary/aromatic N) is 2. The molecule has 0 spiro atoms. The maximum atomic E-state index is 12.3. The first-order chi connectivity index (χ1) is 16.9. The van der Waals surface area contributed by atoms with E-state index < -0.39 is 17.5 Å². The van der Waals surface area contributed by atoms with Gasteiger partial charge in [0.15, 0.2) is 11.5 Å². The third-order valence-electron chi connectivity index (χ3n) is 5.49. The quantitative estimate of drug-likeness (QED) is 0.348. The van der Waals surface area contributed by atoms with E-state index in [4.69, 9.17) is 25.2 Å². The number of carboxylic acids is 1. The summed E-state index contributed by atoms with van der Waals surface area (Å²) in [5, 5.41) is 22.3. The van der Waals surface area contributed by atoms with Crippen molar-refractivity contribution in [1.82, 2.24) is 4.37 Å². The first-order valence-corrected chi connectivity index (χ1v) is 11.4. The van der Waals surface area contributed by atoms with Crippen LogP contribution in [0.1, 0.15) is 40.5 Å². The van der Waals surface area contributed by atoms with E-state index in [-0.39, 0.29) is 29.5 Å². The van der Waals surface area contributed by atoms with Crippen LogP contribution in [0.4, 0.5) is 10.5 Å². The molecule has 0 aliphatic heterocycles. The van der Waals surface area contributed by atoms with E-state index >= 15 is 0 Å². The van der Waals surface area contributed by atoms with Crippen LogP contribution >= 0.6 is 23.1 Å². The van der Waals surface area contributed by atoms with Crippen LogP contribution < -0.4 is 5.32 Å². The molecule has 1 fully saturated rings. The molecule has 0 atom stereocenters. The molecule has 1 aromatic carbocycles. The van der Waals surface area contributed by atoms with E-state index in [0.717, 1.165) is 11.5 Å². The molecule has 1 aliphatic carbocycles. The fourth-order valence-electron chi connectivity index (χ4n) is 3.41. The van der Waals surface area contributed by atoms with Gasteiger partial charge < -0.3 is 18.7 Å². The van der Waals surface area contributed by atoms with Gasteiger partial charge in [-0.05, 0) is 48.3 Å². The zero-order valence-corrected chi connectivity index (χ0v) is 19.3. The molecule has 1 saturated carbocycles. The van der Waals surface area contributed by atoms with E-state index in [9.17, 15) is 20.0 Å². The van der Waals surface area contributed by atoms with Gasteiger partial charge in [0.25, 0.3) is 5.78 Å². The number of nitrogens with one attached hydrogen (secondary N) is 1. The number of hydrogen-bond acceptors (Lipinski definition) is 8. The topological polar surface area (TPSA) is 139 Å². The lowest BCUT2D eigenvalue weighted by molar-refractivity contribution is -0.140. The standard InChI is InChI=1S/C24H14ClN3O6S/c25-16-4-2-1-3-13(16)12-32-23(31)27-20-17(11-26)28-35-18(20)6-5-15-9-14-10-19(34-21(14)33-15)24(7-8-24)22(29)30/h1-4,9-10H,7-8,12H2,(H,27,31)(H,29,30). The van der Waals surface area contributed by atoms with E-state index in [1.165, 1.54) is 0 Å². The maximum absolute atomic E-state index is 12.3. The molecule has 0 saturated heterocycles. The fraction of sp³-hybridized carbons (Fsp3) is 0.167. The molecule has 0 radical (unpaired) electrons. The number of rotatable bonds is 5. The number of ether oxygens (including phenoxy) is 1. The number of amides is 1. The molecule has 1 amide bonds. The monoisotopic (exact) mass is 507 g/mol. The Morgan fingerprint density at radius 1 is 1.26 bits per heavy atom. The van der Waals surface area contributed by atoms with Crippen molar-refractivity contribution in [2.24, 2.45) is 0 Å². The van der Waals surface area contributed by atoms with Crippen LogP contribution in [0, 0.1) is 23.2 Å². The average Bonchev–Trinajstić information content (AvgIpc) is 3.23. The Kier molecular flexibility index (Phi) is 5.69. The summed E-state index contributed by atoms with van der Waals surface area (Å²) in [6.45, 7) is -0.0530. The van der Waals surface area contributed by atoms with Gasteiger partial charge >= 0.3 is 12.1 Å². The molecule has 35 heavy (non-hydrogen) atoms. The van der Waals surface area contributed by atoms with Gasteiger partial charge in [0, 0.05) is 16.7 Å². The summed E-state index contributed by atoms with van der Waals surface area (Å²) >= 11 is 7.01. The van der Waals surface area contributed by atoms with E-state index in [1.54, 1.807) is 36.4 Å². The smallest absolute Gasteiger partial charge is 0.412 e. The third kappa shape index (κ3) is 4.33. The second-order valence-corrected chi connectivity index (χ2v) is 8.92. The predicted molar refractivity (Wildman–Crippen MR) is 125 cm³/mol. The van der Waals surface area contributed by atoms with E-state index in [1.807, 2.05) is 6.07 Å². The molecule has 1 aliphatic rings. The minimum absolute atomic E-state index is 0.00440. The number of carbonyl (C=O) groups excluding carboxylic acids is 1. The Labute approximate surface area is 207 Å². The molecule has 11 heteroatoms. The molecular formula is C24H14ClN3O6S. The van der Waals surface area contributed by atoms with Crippen molar-refractivity contribution in [3.8, 4) is 17.9 Å². The number of carboxylic acid groups (broad SMARTS) is 1. The van der Waals surface area contributed by atoms with Crippen molar-refractivity contribution in [3.63, 3.8) is 0 Å². The molecular weight excluding hydrogens is 494 g/mol. The average molecular weight is 508 g/mol. The summed E-state index contributed by atoms with van der Waals surface area (Å²) in [4.78, 5) is 24.1. The van der Waals surface area contributed by atoms with Crippen LogP contribution in [0.3, 0.4) is 0 Å². The number of aliphatic carboxylic acids is 1. The van der Waals surface area contributed by atoms with Crippen LogP contribution in [0.15, 0.2) is 45.2 Å². The molecule has 3 heterocycles. The van der Waals surface area contributed by atoms with Crippen LogP contribution in [0.25, 0.3) is 11.2 Å².